The summed E-state index contributed by atoms with van der Waals surface area (Å²) in [5, 5.41) is 3.01. The predicted octanol–water partition coefficient (Wildman–Crippen LogP) is 2.83. The molecule has 0 aliphatic carbocycles. The minimum atomic E-state index is -0.381. The number of benzene rings is 1. The molecule has 0 aliphatic rings. The number of allylic oxidation sites excluding steroid dienone is 1. The fourth-order valence-electron chi connectivity index (χ4n) is 1.40. The molecule has 0 aromatic heterocycles. The van der Waals surface area contributed by atoms with E-state index in [2.05, 4.69) is 18.8 Å². The molecular formula is C15H19NO2. The number of hydrogen-bond acceptors (Lipinski definition) is 3. The van der Waals surface area contributed by atoms with Crippen LogP contribution in [0.5, 0.6) is 5.75 Å². The summed E-state index contributed by atoms with van der Waals surface area (Å²) in [6, 6.07) is 7.51. The molecule has 18 heavy (non-hydrogen) atoms. The third kappa shape index (κ3) is 4.87. The molecule has 0 radical (unpaired) electrons. The van der Waals surface area contributed by atoms with Gasteiger partial charge in [0.25, 0.3) is 0 Å². The molecule has 96 valence electrons. The molecule has 3 nitrogen and oxygen atoms in total. The quantitative estimate of drug-likeness (QED) is 0.362. The number of carbonyl (C=O) groups is 1. The van der Waals surface area contributed by atoms with Crippen LogP contribution in [-0.4, -0.2) is 12.5 Å². The summed E-state index contributed by atoms with van der Waals surface area (Å²) < 4.78 is 5.18. The zero-order chi connectivity index (χ0) is 13.4. The highest BCUT2D eigenvalue weighted by Crippen LogP contribution is 2.12. The minimum Gasteiger partial charge on any atom is -0.423 e. The molecule has 3 heteroatoms. The van der Waals surface area contributed by atoms with Gasteiger partial charge in [-0.15, -0.1) is 6.58 Å². The number of ether oxygens (including phenoxy) is 1. The smallest absolute Gasteiger partial charge is 0.337 e. The Bertz CT molecular complexity index is 432. The SMILES string of the molecule is C=CCN/C(C)=C\C(=O)Oc1ccc(CC)cc1. The molecule has 0 amide bonds. The Kier molecular flexibility index (Phi) is 5.71. The first-order chi connectivity index (χ1) is 8.65. The van der Waals surface area contributed by atoms with Crippen LogP contribution in [-0.2, 0) is 11.2 Å². The van der Waals surface area contributed by atoms with Crippen molar-refractivity contribution in [3.63, 3.8) is 0 Å². The molecule has 0 saturated heterocycles. The van der Waals surface area contributed by atoms with Crippen LogP contribution in [0.25, 0.3) is 0 Å². The summed E-state index contributed by atoms with van der Waals surface area (Å²) >= 11 is 0. The molecule has 0 heterocycles. The van der Waals surface area contributed by atoms with E-state index in [9.17, 15) is 4.79 Å². The molecule has 0 saturated carbocycles. The first-order valence-electron chi connectivity index (χ1n) is 5.99. The molecule has 0 unspecified atom stereocenters. The molecule has 0 atom stereocenters. The average molecular weight is 245 g/mol. The lowest BCUT2D eigenvalue weighted by Gasteiger charge is -2.05. The Morgan fingerprint density at radius 2 is 2.06 bits per heavy atom. The summed E-state index contributed by atoms with van der Waals surface area (Å²) in [4.78, 5) is 11.6. The van der Waals surface area contributed by atoms with Crippen molar-refractivity contribution in [1.82, 2.24) is 5.32 Å². The van der Waals surface area contributed by atoms with Gasteiger partial charge in [-0.1, -0.05) is 25.1 Å². The standard InChI is InChI=1S/C15H19NO2/c1-4-10-16-12(3)11-15(17)18-14-8-6-13(5-2)7-9-14/h4,6-9,11,16H,1,5,10H2,2-3H3/b12-11-. The number of nitrogens with one attached hydrogen (secondary N) is 1. The summed E-state index contributed by atoms with van der Waals surface area (Å²) in [6.07, 6.45) is 4.13. The van der Waals surface area contributed by atoms with Crippen molar-refractivity contribution in [2.75, 3.05) is 6.54 Å². The first-order valence-corrected chi connectivity index (χ1v) is 5.99. The third-order valence-electron chi connectivity index (χ3n) is 2.41. The fraction of sp³-hybridized carbons (Fsp3) is 0.267. The van der Waals surface area contributed by atoms with Crippen LogP contribution >= 0.6 is 0 Å². The van der Waals surface area contributed by atoms with Crippen LogP contribution in [0.15, 0.2) is 48.7 Å². The lowest BCUT2D eigenvalue weighted by atomic mass is 10.2. The molecule has 0 aliphatic heterocycles. The van der Waals surface area contributed by atoms with E-state index in [0.717, 1.165) is 12.1 Å². The fourth-order valence-corrected chi connectivity index (χ4v) is 1.40. The van der Waals surface area contributed by atoms with Gasteiger partial charge in [0.1, 0.15) is 5.75 Å². The van der Waals surface area contributed by atoms with Crippen molar-refractivity contribution >= 4 is 5.97 Å². The minimum absolute atomic E-state index is 0.381. The lowest BCUT2D eigenvalue weighted by molar-refractivity contribution is -0.129. The summed E-state index contributed by atoms with van der Waals surface area (Å²) in [7, 11) is 0. The highest BCUT2D eigenvalue weighted by Gasteiger charge is 2.01. The third-order valence-corrected chi connectivity index (χ3v) is 2.41. The molecule has 1 aromatic carbocycles. The highest BCUT2D eigenvalue weighted by atomic mass is 16.5. The average Bonchev–Trinajstić information content (AvgIpc) is 2.37. The van der Waals surface area contributed by atoms with E-state index in [1.165, 1.54) is 11.6 Å². The number of rotatable bonds is 6. The second kappa shape index (κ2) is 7.33. The summed E-state index contributed by atoms with van der Waals surface area (Å²) in [6.45, 7) is 8.11. The molecule has 1 aromatic rings. The van der Waals surface area contributed by atoms with Crippen LogP contribution in [0.2, 0.25) is 0 Å². The Labute approximate surface area is 108 Å². The lowest BCUT2D eigenvalue weighted by Crippen LogP contribution is -2.14. The zero-order valence-electron chi connectivity index (χ0n) is 10.9. The maximum atomic E-state index is 11.6. The largest absolute Gasteiger partial charge is 0.423 e. The summed E-state index contributed by atoms with van der Waals surface area (Å²) in [5.74, 6) is 0.179. The van der Waals surface area contributed by atoms with E-state index in [0.29, 0.717) is 12.3 Å². The maximum absolute atomic E-state index is 11.6. The first kappa shape index (κ1) is 14.0. The Morgan fingerprint density at radius 1 is 1.39 bits per heavy atom. The van der Waals surface area contributed by atoms with Crippen LogP contribution in [0.1, 0.15) is 19.4 Å². The number of esters is 1. The Balaban J connectivity index is 2.55. The van der Waals surface area contributed by atoms with E-state index in [1.807, 2.05) is 19.1 Å². The predicted molar refractivity (Wildman–Crippen MR) is 73.4 cm³/mol. The second-order valence-corrected chi connectivity index (χ2v) is 3.92. The van der Waals surface area contributed by atoms with Gasteiger partial charge in [-0.05, 0) is 31.0 Å². The van der Waals surface area contributed by atoms with Crippen molar-refractivity contribution < 1.29 is 9.53 Å². The van der Waals surface area contributed by atoms with Gasteiger partial charge in [-0.25, -0.2) is 4.79 Å². The van der Waals surface area contributed by atoms with Gasteiger partial charge in [-0.3, -0.25) is 0 Å². The van der Waals surface area contributed by atoms with Crippen LogP contribution < -0.4 is 10.1 Å². The number of hydrogen-bond donors (Lipinski definition) is 1. The van der Waals surface area contributed by atoms with Gasteiger partial charge >= 0.3 is 5.97 Å². The van der Waals surface area contributed by atoms with Gasteiger partial charge in [0.15, 0.2) is 0 Å². The number of aryl methyl sites for hydroxylation is 1. The molecule has 1 N–H and O–H groups in total. The van der Waals surface area contributed by atoms with Crippen molar-refractivity contribution in [2.24, 2.45) is 0 Å². The van der Waals surface area contributed by atoms with Gasteiger partial charge < -0.3 is 10.1 Å². The molecule has 1 rings (SSSR count). The van der Waals surface area contributed by atoms with E-state index in [4.69, 9.17) is 4.74 Å². The number of carbonyl (C=O) groups excluding carboxylic acids is 1. The van der Waals surface area contributed by atoms with Crippen LogP contribution in [0.3, 0.4) is 0 Å². The second-order valence-electron chi connectivity index (χ2n) is 3.92. The zero-order valence-corrected chi connectivity index (χ0v) is 10.9. The van der Waals surface area contributed by atoms with Crippen LogP contribution in [0, 0.1) is 0 Å². The monoisotopic (exact) mass is 245 g/mol. The van der Waals surface area contributed by atoms with Crippen molar-refractivity contribution in [1.29, 1.82) is 0 Å². The van der Waals surface area contributed by atoms with Gasteiger partial charge in [-0.2, -0.15) is 0 Å². The van der Waals surface area contributed by atoms with E-state index >= 15 is 0 Å². The van der Waals surface area contributed by atoms with Crippen molar-refractivity contribution in [3.8, 4) is 5.75 Å². The highest BCUT2D eigenvalue weighted by molar-refractivity contribution is 5.84. The van der Waals surface area contributed by atoms with Gasteiger partial charge in [0.05, 0.1) is 0 Å². The molecule has 0 spiro atoms. The normalized spacial score (nSPS) is 10.9. The molecule has 0 bridgehead atoms. The van der Waals surface area contributed by atoms with Crippen molar-refractivity contribution in [3.05, 3.63) is 54.3 Å². The Morgan fingerprint density at radius 3 is 2.61 bits per heavy atom. The van der Waals surface area contributed by atoms with Gasteiger partial charge in [0, 0.05) is 18.3 Å². The van der Waals surface area contributed by atoms with E-state index in [1.54, 1.807) is 18.2 Å². The van der Waals surface area contributed by atoms with Gasteiger partial charge in [0.2, 0.25) is 0 Å². The molecule has 0 fully saturated rings. The topological polar surface area (TPSA) is 38.3 Å². The maximum Gasteiger partial charge on any atom is 0.337 e. The molecular weight excluding hydrogens is 226 g/mol. The Hall–Kier alpha value is -2.03. The summed E-state index contributed by atoms with van der Waals surface area (Å²) in [5.41, 5.74) is 1.97. The van der Waals surface area contributed by atoms with E-state index < -0.39 is 0 Å². The van der Waals surface area contributed by atoms with E-state index in [-0.39, 0.29) is 5.97 Å². The van der Waals surface area contributed by atoms with Crippen LogP contribution in [0.4, 0.5) is 0 Å². The van der Waals surface area contributed by atoms with Crippen molar-refractivity contribution in [2.45, 2.75) is 20.3 Å².